The second-order valence-electron chi connectivity index (χ2n) is 3.63. The number of aryl methyl sites for hydroxylation is 1. The molecular weight excluding hydrogens is 180 g/mol. The zero-order valence-corrected chi connectivity index (χ0v) is 8.77. The Morgan fingerprint density at radius 2 is 2.29 bits per heavy atom. The Bertz CT molecular complexity index is 318. The van der Waals surface area contributed by atoms with E-state index in [2.05, 4.69) is 4.98 Å². The first-order valence-electron chi connectivity index (χ1n) is 4.81. The van der Waals surface area contributed by atoms with Gasteiger partial charge in [0.1, 0.15) is 11.7 Å². The first-order valence-corrected chi connectivity index (χ1v) is 4.81. The van der Waals surface area contributed by atoms with Gasteiger partial charge in [0, 0.05) is 18.9 Å². The summed E-state index contributed by atoms with van der Waals surface area (Å²) in [5.41, 5.74) is 0. The fourth-order valence-electron chi connectivity index (χ4n) is 1.56. The fraction of sp³-hybridized carbons (Fsp3) is 0.600. The van der Waals surface area contributed by atoms with E-state index in [4.69, 9.17) is 5.11 Å². The molecule has 0 aliphatic carbocycles. The van der Waals surface area contributed by atoms with Crippen molar-refractivity contribution < 1.29 is 9.90 Å². The number of rotatable bonds is 4. The lowest BCUT2D eigenvalue weighted by molar-refractivity contribution is -0.140. The summed E-state index contributed by atoms with van der Waals surface area (Å²) >= 11 is 0. The number of hydrogen-bond acceptors (Lipinski definition) is 2. The average Bonchev–Trinajstić information content (AvgIpc) is 2.51. The van der Waals surface area contributed by atoms with E-state index in [0.29, 0.717) is 5.82 Å². The largest absolute Gasteiger partial charge is 0.481 e. The molecule has 0 amide bonds. The molecule has 0 saturated heterocycles. The molecule has 1 rings (SSSR count). The highest BCUT2D eigenvalue weighted by atomic mass is 16.4. The molecule has 4 nitrogen and oxygen atoms in total. The van der Waals surface area contributed by atoms with Crippen molar-refractivity contribution in [3.63, 3.8) is 0 Å². The van der Waals surface area contributed by atoms with Crippen LogP contribution in [0.25, 0.3) is 0 Å². The van der Waals surface area contributed by atoms with Gasteiger partial charge in [-0.15, -0.1) is 0 Å². The molecular formula is C10H16N2O2. The zero-order chi connectivity index (χ0) is 10.7. The van der Waals surface area contributed by atoms with Crippen LogP contribution in [0.2, 0.25) is 0 Å². The fourth-order valence-corrected chi connectivity index (χ4v) is 1.56. The molecule has 0 saturated carbocycles. The molecule has 0 radical (unpaired) electrons. The molecule has 14 heavy (non-hydrogen) atoms. The lowest BCUT2D eigenvalue weighted by Gasteiger charge is -2.16. The number of nitrogens with zero attached hydrogens (tertiary/aromatic N) is 2. The normalized spacial score (nSPS) is 13.1. The maximum Gasteiger partial charge on any atom is 0.314 e. The third kappa shape index (κ3) is 1.95. The van der Waals surface area contributed by atoms with Crippen molar-refractivity contribution in [1.82, 2.24) is 9.55 Å². The molecule has 1 unspecified atom stereocenters. The van der Waals surface area contributed by atoms with E-state index in [1.54, 1.807) is 6.20 Å². The number of aromatic nitrogens is 2. The Labute approximate surface area is 83.6 Å². The van der Waals surface area contributed by atoms with Gasteiger partial charge in [-0.25, -0.2) is 4.98 Å². The smallest absolute Gasteiger partial charge is 0.314 e. The molecule has 1 atom stereocenters. The van der Waals surface area contributed by atoms with Gasteiger partial charge >= 0.3 is 5.97 Å². The monoisotopic (exact) mass is 196 g/mol. The Morgan fingerprint density at radius 1 is 1.64 bits per heavy atom. The minimum atomic E-state index is -0.805. The Kier molecular flexibility index (Phi) is 3.28. The van der Waals surface area contributed by atoms with E-state index < -0.39 is 11.9 Å². The Morgan fingerprint density at radius 3 is 2.71 bits per heavy atom. The van der Waals surface area contributed by atoms with E-state index in [1.165, 1.54) is 0 Å². The minimum Gasteiger partial charge on any atom is -0.481 e. The van der Waals surface area contributed by atoms with Crippen LogP contribution in [0.4, 0.5) is 0 Å². The molecule has 0 fully saturated rings. The Balaban J connectivity index is 3.04. The number of aliphatic carboxylic acids is 1. The molecule has 0 bridgehead atoms. The SMILES string of the molecule is CCn1ccnc1C(C(=O)O)C(C)C. The van der Waals surface area contributed by atoms with Gasteiger partial charge in [-0.05, 0) is 12.8 Å². The number of carboxylic acids is 1. The topological polar surface area (TPSA) is 55.1 Å². The average molecular weight is 196 g/mol. The summed E-state index contributed by atoms with van der Waals surface area (Å²) in [5.74, 6) is -0.610. The van der Waals surface area contributed by atoms with Crippen molar-refractivity contribution in [3.8, 4) is 0 Å². The number of imidazole rings is 1. The quantitative estimate of drug-likeness (QED) is 0.797. The summed E-state index contributed by atoms with van der Waals surface area (Å²) in [5, 5.41) is 9.08. The van der Waals surface area contributed by atoms with E-state index in [9.17, 15) is 4.79 Å². The van der Waals surface area contributed by atoms with Gasteiger partial charge in [-0.3, -0.25) is 4.79 Å². The highest BCUT2D eigenvalue weighted by molar-refractivity contribution is 5.75. The predicted octanol–water partition coefficient (Wildman–Crippen LogP) is 1.73. The highest BCUT2D eigenvalue weighted by Gasteiger charge is 2.27. The summed E-state index contributed by atoms with van der Waals surface area (Å²) < 4.78 is 1.87. The van der Waals surface area contributed by atoms with Crippen molar-refractivity contribution in [1.29, 1.82) is 0 Å². The molecule has 1 N–H and O–H groups in total. The lowest BCUT2D eigenvalue weighted by atomic mass is 9.95. The summed E-state index contributed by atoms with van der Waals surface area (Å²) in [7, 11) is 0. The van der Waals surface area contributed by atoms with Crippen LogP contribution in [0.1, 0.15) is 32.5 Å². The van der Waals surface area contributed by atoms with Crippen LogP contribution in [0, 0.1) is 5.92 Å². The summed E-state index contributed by atoms with van der Waals surface area (Å²) in [6.45, 7) is 6.52. The van der Waals surface area contributed by atoms with E-state index >= 15 is 0 Å². The molecule has 1 aromatic rings. The van der Waals surface area contributed by atoms with Crippen LogP contribution in [-0.2, 0) is 11.3 Å². The van der Waals surface area contributed by atoms with Gasteiger partial charge in [0.2, 0.25) is 0 Å². The molecule has 0 aliphatic heterocycles. The third-order valence-electron chi connectivity index (χ3n) is 2.30. The summed E-state index contributed by atoms with van der Waals surface area (Å²) in [6.07, 6.45) is 3.46. The van der Waals surface area contributed by atoms with Crippen LogP contribution in [-0.4, -0.2) is 20.6 Å². The molecule has 78 valence electrons. The van der Waals surface area contributed by atoms with Gasteiger partial charge in [0.05, 0.1) is 0 Å². The standard InChI is InChI=1S/C10H16N2O2/c1-4-12-6-5-11-9(12)8(7(2)3)10(13)14/h5-8H,4H2,1-3H3,(H,13,14). The van der Waals surface area contributed by atoms with Crippen molar-refractivity contribution in [2.24, 2.45) is 5.92 Å². The Hall–Kier alpha value is -1.32. The molecule has 4 heteroatoms. The van der Waals surface area contributed by atoms with Crippen molar-refractivity contribution in [2.75, 3.05) is 0 Å². The van der Waals surface area contributed by atoms with Crippen LogP contribution < -0.4 is 0 Å². The van der Waals surface area contributed by atoms with Crippen LogP contribution in [0.5, 0.6) is 0 Å². The van der Waals surface area contributed by atoms with Gasteiger partial charge in [0.25, 0.3) is 0 Å². The maximum atomic E-state index is 11.1. The van der Waals surface area contributed by atoms with Crippen LogP contribution in [0.15, 0.2) is 12.4 Å². The number of carboxylic acid groups (broad SMARTS) is 1. The maximum absolute atomic E-state index is 11.1. The highest BCUT2D eigenvalue weighted by Crippen LogP contribution is 2.23. The third-order valence-corrected chi connectivity index (χ3v) is 2.30. The summed E-state index contributed by atoms with van der Waals surface area (Å²) in [6, 6.07) is 0. The molecule has 1 aromatic heterocycles. The minimum absolute atomic E-state index is 0.0557. The first kappa shape index (κ1) is 10.8. The van der Waals surface area contributed by atoms with Crippen LogP contribution in [0.3, 0.4) is 0 Å². The van der Waals surface area contributed by atoms with E-state index in [0.717, 1.165) is 6.54 Å². The molecule has 0 aromatic carbocycles. The van der Waals surface area contributed by atoms with Crippen LogP contribution >= 0.6 is 0 Å². The van der Waals surface area contributed by atoms with Crippen molar-refractivity contribution >= 4 is 5.97 Å². The van der Waals surface area contributed by atoms with Gasteiger partial charge in [0.15, 0.2) is 0 Å². The first-order chi connectivity index (χ1) is 6.57. The molecule has 1 heterocycles. The van der Waals surface area contributed by atoms with Gasteiger partial charge in [-0.2, -0.15) is 0 Å². The number of hydrogen-bond donors (Lipinski definition) is 1. The molecule has 0 spiro atoms. The van der Waals surface area contributed by atoms with Gasteiger partial charge < -0.3 is 9.67 Å². The van der Waals surface area contributed by atoms with Gasteiger partial charge in [-0.1, -0.05) is 13.8 Å². The van der Waals surface area contributed by atoms with Crippen molar-refractivity contribution in [3.05, 3.63) is 18.2 Å². The molecule has 0 aliphatic rings. The van der Waals surface area contributed by atoms with Crippen molar-refractivity contribution in [2.45, 2.75) is 33.2 Å². The zero-order valence-electron chi connectivity index (χ0n) is 8.77. The second-order valence-corrected chi connectivity index (χ2v) is 3.63. The second kappa shape index (κ2) is 4.26. The summed E-state index contributed by atoms with van der Waals surface area (Å²) in [4.78, 5) is 15.2. The lowest BCUT2D eigenvalue weighted by Crippen LogP contribution is -2.21. The number of carbonyl (C=O) groups is 1. The van der Waals surface area contributed by atoms with E-state index in [-0.39, 0.29) is 5.92 Å². The predicted molar refractivity (Wildman–Crippen MR) is 53.1 cm³/mol. The van der Waals surface area contributed by atoms with E-state index in [1.807, 2.05) is 31.5 Å².